The zero-order valence-corrected chi connectivity index (χ0v) is 10.0. The number of thiol groups is 1. The molecular weight excluding hydrogens is 200 g/mol. The summed E-state index contributed by atoms with van der Waals surface area (Å²) in [6, 6.07) is 18.3. The third-order valence-electron chi connectivity index (χ3n) is 1.97. The first kappa shape index (κ1) is 11.9. The molecule has 0 bridgehead atoms. The molecule has 0 N–H and O–H groups in total. The normalized spacial score (nSPS) is 9.00. The van der Waals surface area contributed by atoms with E-state index in [1.54, 1.807) is 0 Å². The van der Waals surface area contributed by atoms with Gasteiger partial charge in [0.2, 0.25) is 0 Å². The van der Waals surface area contributed by atoms with Crippen molar-refractivity contribution in [3.63, 3.8) is 0 Å². The Balaban J connectivity index is 0.000000151. The molecule has 2 rings (SSSR count). The summed E-state index contributed by atoms with van der Waals surface area (Å²) in [4.78, 5) is 1.02. The number of aryl methyl sites for hydroxylation is 2. The molecule has 1 heteroatoms. The van der Waals surface area contributed by atoms with Crippen molar-refractivity contribution in [1.82, 2.24) is 0 Å². The van der Waals surface area contributed by atoms with Crippen molar-refractivity contribution in [2.24, 2.45) is 0 Å². The van der Waals surface area contributed by atoms with Crippen LogP contribution in [0.4, 0.5) is 0 Å². The Labute approximate surface area is 97.4 Å². The van der Waals surface area contributed by atoms with Crippen LogP contribution in [0.25, 0.3) is 0 Å². The summed E-state index contributed by atoms with van der Waals surface area (Å²) in [5, 5.41) is 0. The Bertz CT molecular complexity index is 355. The first-order valence-electron chi connectivity index (χ1n) is 4.96. The largest absolute Gasteiger partial charge is 0.143 e. The van der Waals surface area contributed by atoms with E-state index in [4.69, 9.17) is 0 Å². The highest BCUT2D eigenvalue weighted by Gasteiger charge is 1.79. The summed E-state index contributed by atoms with van der Waals surface area (Å²) in [6.45, 7) is 4.19. The molecule has 2 aromatic rings. The fourth-order valence-corrected chi connectivity index (χ4v) is 1.24. The van der Waals surface area contributed by atoms with Crippen LogP contribution in [0, 0.1) is 13.8 Å². The first-order valence-corrected chi connectivity index (χ1v) is 5.40. The monoisotopic (exact) mass is 216 g/mol. The fraction of sp³-hybridized carbons (Fsp3) is 0.143. The van der Waals surface area contributed by atoms with Crippen LogP contribution < -0.4 is 0 Å². The van der Waals surface area contributed by atoms with Crippen LogP contribution in [-0.4, -0.2) is 0 Å². The predicted molar refractivity (Wildman–Crippen MR) is 69.6 cm³/mol. The molecule has 0 nitrogen and oxygen atoms in total. The lowest BCUT2D eigenvalue weighted by Gasteiger charge is -1.90. The lowest BCUT2D eigenvalue weighted by molar-refractivity contribution is 1.40. The van der Waals surface area contributed by atoms with E-state index in [-0.39, 0.29) is 0 Å². The van der Waals surface area contributed by atoms with Gasteiger partial charge in [-0.15, -0.1) is 12.6 Å². The summed E-state index contributed by atoms with van der Waals surface area (Å²) >= 11 is 4.08. The smallest absolute Gasteiger partial charge is 0.00399 e. The maximum Gasteiger partial charge on any atom is 0.00399 e. The minimum atomic E-state index is 1.02. The topological polar surface area (TPSA) is 0 Å². The number of rotatable bonds is 0. The standard InChI is InChI=1S/C8H10.C6H6S/c1-7-3-5-8(2)6-4-7;7-6-4-2-1-3-5-6/h3-6H,1-2H3;1-5,7H. The van der Waals surface area contributed by atoms with Gasteiger partial charge in [-0.3, -0.25) is 0 Å². The van der Waals surface area contributed by atoms with Gasteiger partial charge in [0.05, 0.1) is 0 Å². The molecule has 0 saturated carbocycles. The van der Waals surface area contributed by atoms with E-state index in [0.29, 0.717) is 0 Å². The number of hydrogen-bond donors (Lipinski definition) is 1. The molecule has 0 aliphatic rings. The molecule has 15 heavy (non-hydrogen) atoms. The number of hydrogen-bond acceptors (Lipinski definition) is 1. The highest BCUT2D eigenvalue weighted by Crippen LogP contribution is 2.01. The van der Waals surface area contributed by atoms with Gasteiger partial charge >= 0.3 is 0 Å². The minimum absolute atomic E-state index is 1.02. The lowest BCUT2D eigenvalue weighted by atomic mass is 10.2. The number of benzene rings is 2. The average molecular weight is 216 g/mol. The van der Waals surface area contributed by atoms with E-state index in [1.165, 1.54) is 11.1 Å². The summed E-state index contributed by atoms with van der Waals surface area (Å²) in [5.41, 5.74) is 2.66. The van der Waals surface area contributed by atoms with Crippen LogP contribution in [0.2, 0.25) is 0 Å². The average Bonchev–Trinajstić information content (AvgIpc) is 2.25. The van der Waals surface area contributed by atoms with Gasteiger partial charge in [0.1, 0.15) is 0 Å². The van der Waals surface area contributed by atoms with Gasteiger partial charge in [-0.25, -0.2) is 0 Å². The molecule has 0 amide bonds. The van der Waals surface area contributed by atoms with Crippen molar-refractivity contribution in [2.45, 2.75) is 18.7 Å². The third-order valence-corrected chi connectivity index (χ3v) is 2.27. The first-order chi connectivity index (χ1) is 7.18. The van der Waals surface area contributed by atoms with Crippen molar-refractivity contribution in [3.8, 4) is 0 Å². The summed E-state index contributed by atoms with van der Waals surface area (Å²) in [6.07, 6.45) is 0. The van der Waals surface area contributed by atoms with Crippen molar-refractivity contribution >= 4 is 12.6 Å². The zero-order chi connectivity index (χ0) is 11.1. The molecule has 0 atom stereocenters. The molecule has 0 fully saturated rings. The van der Waals surface area contributed by atoms with Gasteiger partial charge in [0, 0.05) is 4.90 Å². The molecule has 0 aliphatic carbocycles. The SMILES string of the molecule is Cc1ccc(C)cc1.Sc1ccccc1. The van der Waals surface area contributed by atoms with Crippen LogP contribution in [0.15, 0.2) is 59.5 Å². The molecule has 2 aromatic carbocycles. The van der Waals surface area contributed by atoms with E-state index < -0.39 is 0 Å². The van der Waals surface area contributed by atoms with Crippen LogP contribution in [0.5, 0.6) is 0 Å². The molecule has 78 valence electrons. The van der Waals surface area contributed by atoms with Crippen LogP contribution in [-0.2, 0) is 0 Å². The maximum atomic E-state index is 4.08. The zero-order valence-electron chi connectivity index (χ0n) is 9.14. The van der Waals surface area contributed by atoms with Crippen LogP contribution in [0.3, 0.4) is 0 Å². The van der Waals surface area contributed by atoms with E-state index in [1.807, 2.05) is 30.3 Å². The lowest BCUT2D eigenvalue weighted by Crippen LogP contribution is -1.70. The van der Waals surface area contributed by atoms with Crippen molar-refractivity contribution in [2.75, 3.05) is 0 Å². The molecule has 0 unspecified atom stereocenters. The molecule has 0 saturated heterocycles. The molecular formula is C14H16S. The second-order valence-corrected chi connectivity index (χ2v) is 4.01. The van der Waals surface area contributed by atoms with Crippen LogP contribution in [0.1, 0.15) is 11.1 Å². The molecule has 0 aliphatic heterocycles. The summed E-state index contributed by atoms with van der Waals surface area (Å²) in [7, 11) is 0. The summed E-state index contributed by atoms with van der Waals surface area (Å²) in [5.74, 6) is 0. The minimum Gasteiger partial charge on any atom is -0.143 e. The Morgan fingerprint density at radius 2 is 1.07 bits per heavy atom. The van der Waals surface area contributed by atoms with Crippen LogP contribution >= 0.6 is 12.6 Å². The molecule has 0 radical (unpaired) electrons. The maximum absolute atomic E-state index is 4.08. The van der Waals surface area contributed by atoms with Crippen molar-refractivity contribution in [3.05, 3.63) is 65.7 Å². The van der Waals surface area contributed by atoms with E-state index in [2.05, 4.69) is 50.7 Å². The van der Waals surface area contributed by atoms with Gasteiger partial charge in [0.15, 0.2) is 0 Å². The summed E-state index contributed by atoms with van der Waals surface area (Å²) < 4.78 is 0. The quantitative estimate of drug-likeness (QED) is 0.624. The second-order valence-electron chi connectivity index (χ2n) is 3.49. The highest BCUT2D eigenvalue weighted by molar-refractivity contribution is 7.80. The van der Waals surface area contributed by atoms with E-state index >= 15 is 0 Å². The van der Waals surface area contributed by atoms with Gasteiger partial charge in [-0.1, -0.05) is 53.6 Å². The van der Waals surface area contributed by atoms with Gasteiger partial charge in [0.25, 0.3) is 0 Å². The molecule has 0 heterocycles. The fourth-order valence-electron chi connectivity index (χ4n) is 1.06. The third kappa shape index (κ3) is 5.28. The predicted octanol–water partition coefficient (Wildman–Crippen LogP) is 4.28. The molecule has 0 spiro atoms. The van der Waals surface area contributed by atoms with Gasteiger partial charge < -0.3 is 0 Å². The van der Waals surface area contributed by atoms with Gasteiger partial charge in [-0.2, -0.15) is 0 Å². The van der Waals surface area contributed by atoms with Crippen molar-refractivity contribution < 1.29 is 0 Å². The van der Waals surface area contributed by atoms with E-state index in [0.717, 1.165) is 4.90 Å². The Kier molecular flexibility index (Phi) is 4.99. The Morgan fingerprint density at radius 1 is 0.667 bits per heavy atom. The van der Waals surface area contributed by atoms with Gasteiger partial charge in [-0.05, 0) is 26.0 Å². The molecule has 0 aromatic heterocycles. The van der Waals surface area contributed by atoms with E-state index in [9.17, 15) is 0 Å². The second kappa shape index (κ2) is 6.31. The Morgan fingerprint density at radius 3 is 1.33 bits per heavy atom. The van der Waals surface area contributed by atoms with Crippen molar-refractivity contribution in [1.29, 1.82) is 0 Å². The Hall–Kier alpha value is -1.21. The highest BCUT2D eigenvalue weighted by atomic mass is 32.1.